The minimum absolute atomic E-state index is 0.0780. The molecule has 7 nitrogen and oxygen atoms in total. The first-order valence-corrected chi connectivity index (χ1v) is 7.83. The predicted octanol–water partition coefficient (Wildman–Crippen LogP) is 1.30. The maximum Gasteiger partial charge on any atom is 0.345 e. The Morgan fingerprint density at radius 3 is 2.81 bits per heavy atom. The van der Waals surface area contributed by atoms with Crippen molar-refractivity contribution in [3.63, 3.8) is 0 Å². The summed E-state index contributed by atoms with van der Waals surface area (Å²) in [6.45, 7) is 0. The normalized spacial score (nSPS) is 10.7. The van der Waals surface area contributed by atoms with Crippen LogP contribution in [0.2, 0.25) is 0 Å². The van der Waals surface area contributed by atoms with E-state index in [0.29, 0.717) is 10.6 Å². The van der Waals surface area contributed by atoms with Crippen molar-refractivity contribution in [2.24, 2.45) is 0 Å². The zero-order valence-corrected chi connectivity index (χ0v) is 12.6. The van der Waals surface area contributed by atoms with Gasteiger partial charge < -0.3 is 16.6 Å². The minimum Gasteiger partial charge on any atom is -0.477 e. The molecule has 2 aromatic heterocycles. The zero-order valence-electron chi connectivity index (χ0n) is 11.0. The fourth-order valence-corrected chi connectivity index (χ4v) is 3.36. The summed E-state index contributed by atoms with van der Waals surface area (Å²) in [6.07, 6.45) is 1.54. The Bertz CT molecular complexity index is 711. The van der Waals surface area contributed by atoms with Crippen LogP contribution in [0.25, 0.3) is 0 Å². The maximum absolute atomic E-state index is 11.7. The molecule has 0 saturated heterocycles. The van der Waals surface area contributed by atoms with Gasteiger partial charge in [0, 0.05) is 16.7 Å². The number of aromatic nitrogens is 2. The molecule has 5 N–H and O–H groups in total. The second-order valence-corrected chi connectivity index (χ2v) is 6.38. The van der Waals surface area contributed by atoms with E-state index in [1.54, 1.807) is 6.07 Å². The van der Waals surface area contributed by atoms with Gasteiger partial charge in [0.2, 0.25) is 5.95 Å². The SMILES string of the molecule is Nc1cc(=O)n(SCCCc2ccc(C(=O)O)s2)c(N)n1. The molecule has 2 aromatic rings. The van der Waals surface area contributed by atoms with E-state index < -0.39 is 5.97 Å². The van der Waals surface area contributed by atoms with Crippen LogP contribution in [0, 0.1) is 0 Å². The summed E-state index contributed by atoms with van der Waals surface area (Å²) in [5.41, 5.74) is 10.8. The summed E-state index contributed by atoms with van der Waals surface area (Å²) in [6, 6.07) is 4.63. The smallest absolute Gasteiger partial charge is 0.345 e. The van der Waals surface area contributed by atoms with Gasteiger partial charge in [0.15, 0.2) is 0 Å². The third-order valence-corrected chi connectivity index (χ3v) is 4.81. The Morgan fingerprint density at radius 1 is 1.43 bits per heavy atom. The van der Waals surface area contributed by atoms with E-state index in [-0.39, 0.29) is 17.3 Å². The molecule has 0 aliphatic rings. The van der Waals surface area contributed by atoms with Crippen molar-refractivity contribution in [3.05, 3.63) is 38.3 Å². The van der Waals surface area contributed by atoms with E-state index in [9.17, 15) is 9.59 Å². The van der Waals surface area contributed by atoms with Crippen molar-refractivity contribution in [1.82, 2.24) is 8.96 Å². The third kappa shape index (κ3) is 3.99. The van der Waals surface area contributed by atoms with E-state index in [0.717, 1.165) is 17.7 Å². The van der Waals surface area contributed by atoms with Gasteiger partial charge in [-0.25, -0.2) is 8.77 Å². The highest BCUT2D eigenvalue weighted by atomic mass is 32.2. The van der Waals surface area contributed by atoms with Crippen LogP contribution < -0.4 is 17.0 Å². The van der Waals surface area contributed by atoms with Crippen molar-refractivity contribution in [1.29, 1.82) is 0 Å². The summed E-state index contributed by atoms with van der Waals surface area (Å²) in [5, 5.41) is 8.84. The van der Waals surface area contributed by atoms with E-state index in [1.807, 2.05) is 6.07 Å². The quantitative estimate of drug-likeness (QED) is 0.683. The summed E-state index contributed by atoms with van der Waals surface area (Å²) in [7, 11) is 0. The molecule has 0 fully saturated rings. The standard InChI is InChI=1S/C12H14N4O3S2/c13-9-6-10(17)16(12(14)15-9)20-5-1-2-7-3-4-8(21-7)11(18)19/h3-4,6H,1-2,5,13H2,(H2,14,15)(H,18,19). The summed E-state index contributed by atoms with van der Waals surface area (Å²) in [5.74, 6) is -0.0629. The lowest BCUT2D eigenvalue weighted by Crippen LogP contribution is -2.20. The first kappa shape index (κ1) is 15.4. The van der Waals surface area contributed by atoms with Crippen LogP contribution in [0.1, 0.15) is 21.0 Å². The molecule has 112 valence electrons. The Labute approximate surface area is 128 Å². The number of anilines is 2. The van der Waals surface area contributed by atoms with E-state index in [4.69, 9.17) is 16.6 Å². The molecule has 9 heteroatoms. The zero-order chi connectivity index (χ0) is 15.4. The highest BCUT2D eigenvalue weighted by molar-refractivity contribution is 7.97. The fraction of sp³-hybridized carbons (Fsp3) is 0.250. The molecular formula is C12H14N4O3S2. The average Bonchev–Trinajstić information content (AvgIpc) is 2.85. The van der Waals surface area contributed by atoms with E-state index >= 15 is 0 Å². The van der Waals surface area contributed by atoms with E-state index in [2.05, 4.69) is 4.98 Å². The summed E-state index contributed by atoms with van der Waals surface area (Å²) < 4.78 is 1.30. The number of hydrogen-bond donors (Lipinski definition) is 3. The van der Waals surface area contributed by atoms with Gasteiger partial charge >= 0.3 is 5.97 Å². The van der Waals surface area contributed by atoms with Crippen molar-refractivity contribution < 1.29 is 9.90 Å². The van der Waals surface area contributed by atoms with Gasteiger partial charge in [0.1, 0.15) is 10.7 Å². The number of carbonyl (C=O) groups is 1. The van der Waals surface area contributed by atoms with Crippen LogP contribution in [0.3, 0.4) is 0 Å². The molecule has 0 saturated carbocycles. The van der Waals surface area contributed by atoms with Crippen molar-refractivity contribution in [2.45, 2.75) is 12.8 Å². The molecular weight excluding hydrogens is 312 g/mol. The van der Waals surface area contributed by atoms with Crippen LogP contribution >= 0.6 is 23.3 Å². The number of nitrogens with zero attached hydrogens (tertiary/aromatic N) is 2. The molecule has 21 heavy (non-hydrogen) atoms. The molecule has 0 amide bonds. The molecule has 0 aromatic carbocycles. The van der Waals surface area contributed by atoms with Gasteiger partial charge in [-0.15, -0.1) is 11.3 Å². The van der Waals surface area contributed by atoms with Gasteiger partial charge in [-0.1, -0.05) is 0 Å². The molecule has 0 radical (unpaired) electrons. The second kappa shape index (κ2) is 6.64. The number of carboxylic acid groups (broad SMARTS) is 1. The molecule has 0 atom stereocenters. The topological polar surface area (TPSA) is 124 Å². The number of nitrogen functional groups attached to an aromatic ring is 2. The number of thiophene rings is 1. The average molecular weight is 326 g/mol. The summed E-state index contributed by atoms with van der Waals surface area (Å²) >= 11 is 2.53. The minimum atomic E-state index is -0.909. The van der Waals surface area contributed by atoms with Gasteiger partial charge in [-0.05, 0) is 36.9 Å². The highest BCUT2D eigenvalue weighted by Gasteiger charge is 2.08. The molecule has 2 rings (SSSR count). The van der Waals surface area contributed by atoms with Crippen LogP contribution in [0.15, 0.2) is 23.0 Å². The number of aromatic carboxylic acids is 1. The molecule has 0 bridgehead atoms. The van der Waals surface area contributed by atoms with Crippen molar-refractivity contribution in [3.8, 4) is 0 Å². The summed E-state index contributed by atoms with van der Waals surface area (Å²) in [4.78, 5) is 27.6. The van der Waals surface area contributed by atoms with Crippen LogP contribution in [-0.4, -0.2) is 25.8 Å². The molecule has 2 heterocycles. The molecule has 0 spiro atoms. The lowest BCUT2D eigenvalue weighted by Gasteiger charge is -2.07. The Kier molecular flexibility index (Phi) is 4.86. The second-order valence-electron chi connectivity index (χ2n) is 4.18. The first-order chi connectivity index (χ1) is 9.97. The number of aryl methyl sites for hydroxylation is 1. The van der Waals surface area contributed by atoms with Crippen molar-refractivity contribution in [2.75, 3.05) is 17.2 Å². The Balaban J connectivity index is 1.87. The Morgan fingerprint density at radius 2 is 2.19 bits per heavy atom. The maximum atomic E-state index is 11.7. The largest absolute Gasteiger partial charge is 0.477 e. The lowest BCUT2D eigenvalue weighted by molar-refractivity contribution is 0.0702. The van der Waals surface area contributed by atoms with E-state index in [1.165, 1.54) is 33.3 Å². The number of hydrogen-bond acceptors (Lipinski definition) is 7. The third-order valence-electron chi connectivity index (χ3n) is 2.58. The molecule has 0 aliphatic heterocycles. The predicted molar refractivity (Wildman–Crippen MR) is 84.8 cm³/mol. The van der Waals surface area contributed by atoms with Gasteiger partial charge in [0.05, 0.1) is 0 Å². The van der Waals surface area contributed by atoms with Gasteiger partial charge in [0.25, 0.3) is 5.56 Å². The lowest BCUT2D eigenvalue weighted by atomic mass is 10.3. The number of carboxylic acids is 1. The monoisotopic (exact) mass is 326 g/mol. The fourth-order valence-electron chi connectivity index (χ4n) is 1.67. The van der Waals surface area contributed by atoms with Crippen LogP contribution in [0.5, 0.6) is 0 Å². The Hall–Kier alpha value is -2.00. The first-order valence-electron chi connectivity index (χ1n) is 6.07. The van der Waals surface area contributed by atoms with Gasteiger partial charge in [-0.2, -0.15) is 4.98 Å². The number of nitrogens with two attached hydrogens (primary N) is 2. The van der Waals surface area contributed by atoms with Gasteiger partial charge in [-0.3, -0.25) is 4.79 Å². The molecule has 0 aliphatic carbocycles. The highest BCUT2D eigenvalue weighted by Crippen LogP contribution is 2.19. The van der Waals surface area contributed by atoms with Crippen molar-refractivity contribution >= 4 is 41.0 Å². The van der Waals surface area contributed by atoms with Crippen LogP contribution in [-0.2, 0) is 6.42 Å². The molecule has 0 unspecified atom stereocenters. The van der Waals surface area contributed by atoms with Crippen LogP contribution in [0.4, 0.5) is 11.8 Å². The number of rotatable bonds is 6.